The van der Waals surface area contributed by atoms with Gasteiger partial charge in [0.25, 0.3) is 0 Å². The number of carbonyl (C=O) groups excluding carboxylic acids is 1. The first-order valence-corrected chi connectivity index (χ1v) is 7.31. The number of rotatable bonds is 0. The molecule has 0 radical (unpaired) electrons. The van der Waals surface area contributed by atoms with Crippen molar-refractivity contribution in [1.82, 2.24) is 4.98 Å². The standard InChI is InChI=1S/C17H14ClFN2O/c1-11(22)21-10-13-9-14(19)17(18)20-15(13)7-4-6-12-5-2-3-8-16(12)21/h2-6,8-9H,7,10H2,1H3/b6-4-. The number of hydrogen-bond acceptors (Lipinski definition) is 2. The molecule has 3 nitrogen and oxygen atoms in total. The van der Waals surface area contributed by atoms with Crippen molar-refractivity contribution in [2.45, 2.75) is 19.9 Å². The van der Waals surface area contributed by atoms with Crippen LogP contribution in [0.1, 0.15) is 23.7 Å². The number of hydrogen-bond donors (Lipinski definition) is 0. The minimum Gasteiger partial charge on any atom is -0.308 e. The highest BCUT2D eigenvalue weighted by Gasteiger charge is 2.19. The van der Waals surface area contributed by atoms with Crippen molar-refractivity contribution in [3.05, 3.63) is 64.2 Å². The molecule has 0 fully saturated rings. The van der Waals surface area contributed by atoms with E-state index in [1.807, 2.05) is 36.4 Å². The number of fused-ring (bicyclic) bond motifs is 2. The lowest BCUT2D eigenvalue weighted by molar-refractivity contribution is -0.116. The van der Waals surface area contributed by atoms with E-state index in [-0.39, 0.29) is 17.6 Å². The van der Waals surface area contributed by atoms with Gasteiger partial charge in [-0.3, -0.25) is 4.79 Å². The Balaban J connectivity index is 2.16. The van der Waals surface area contributed by atoms with E-state index in [9.17, 15) is 9.18 Å². The van der Waals surface area contributed by atoms with Crippen LogP contribution in [-0.4, -0.2) is 10.9 Å². The van der Waals surface area contributed by atoms with Crippen LogP contribution in [0.15, 0.2) is 36.4 Å². The summed E-state index contributed by atoms with van der Waals surface area (Å²) in [6.07, 6.45) is 4.43. The zero-order valence-corrected chi connectivity index (χ0v) is 12.8. The Kier molecular flexibility index (Phi) is 3.94. The highest BCUT2D eigenvalue weighted by atomic mass is 35.5. The highest BCUT2D eigenvalue weighted by Crippen LogP contribution is 2.28. The first-order valence-electron chi connectivity index (χ1n) is 6.93. The van der Waals surface area contributed by atoms with Crippen molar-refractivity contribution in [2.24, 2.45) is 0 Å². The number of amides is 1. The molecule has 1 aromatic carbocycles. The molecular formula is C17H14ClFN2O. The number of anilines is 1. The van der Waals surface area contributed by atoms with Gasteiger partial charge in [0.1, 0.15) is 0 Å². The van der Waals surface area contributed by atoms with Gasteiger partial charge in [-0.2, -0.15) is 0 Å². The third-order valence-corrected chi connectivity index (χ3v) is 3.91. The quantitative estimate of drug-likeness (QED) is 0.688. The topological polar surface area (TPSA) is 33.2 Å². The third-order valence-electron chi connectivity index (χ3n) is 3.65. The molecular weight excluding hydrogens is 303 g/mol. The Bertz CT molecular complexity index is 773. The Labute approximate surface area is 133 Å². The summed E-state index contributed by atoms with van der Waals surface area (Å²) in [5, 5.41) is -0.140. The minimum absolute atomic E-state index is 0.107. The summed E-state index contributed by atoms with van der Waals surface area (Å²) in [6.45, 7) is 1.77. The predicted octanol–water partition coefficient (Wildman–Crippen LogP) is 4.00. The molecule has 2 heterocycles. The number of halogens is 2. The van der Waals surface area contributed by atoms with Gasteiger partial charge in [-0.15, -0.1) is 0 Å². The van der Waals surface area contributed by atoms with Crippen LogP contribution in [0, 0.1) is 5.82 Å². The van der Waals surface area contributed by atoms with Gasteiger partial charge in [-0.25, -0.2) is 9.37 Å². The summed E-state index contributed by atoms with van der Waals surface area (Å²) >= 11 is 5.78. The Morgan fingerprint density at radius 3 is 2.91 bits per heavy atom. The van der Waals surface area contributed by atoms with Crippen molar-refractivity contribution < 1.29 is 9.18 Å². The SMILES string of the molecule is CC(=O)N1Cc2cc(F)c(Cl)nc2C/C=C\c2ccccc21. The number of carbonyl (C=O) groups is 1. The minimum atomic E-state index is -0.569. The molecule has 5 heteroatoms. The summed E-state index contributed by atoms with van der Waals surface area (Å²) in [5.41, 5.74) is 3.09. The van der Waals surface area contributed by atoms with E-state index in [1.165, 1.54) is 13.0 Å². The number of benzene rings is 1. The number of aromatic nitrogens is 1. The fraction of sp³-hybridized carbons (Fsp3) is 0.176. The van der Waals surface area contributed by atoms with E-state index < -0.39 is 5.82 Å². The smallest absolute Gasteiger partial charge is 0.224 e. The van der Waals surface area contributed by atoms with Crippen LogP contribution < -0.4 is 4.90 Å². The maximum atomic E-state index is 13.8. The fourth-order valence-electron chi connectivity index (χ4n) is 2.56. The number of pyridine rings is 1. The molecule has 0 saturated heterocycles. The molecule has 112 valence electrons. The summed E-state index contributed by atoms with van der Waals surface area (Å²) in [6, 6.07) is 8.98. The molecule has 22 heavy (non-hydrogen) atoms. The van der Waals surface area contributed by atoms with Gasteiger partial charge in [0.05, 0.1) is 17.9 Å². The molecule has 0 saturated carbocycles. The first kappa shape index (κ1) is 14.7. The zero-order valence-electron chi connectivity index (χ0n) is 12.0. The lowest BCUT2D eigenvalue weighted by atomic mass is 10.1. The second-order valence-electron chi connectivity index (χ2n) is 5.14. The molecule has 2 aromatic rings. The van der Waals surface area contributed by atoms with E-state index in [4.69, 9.17) is 11.6 Å². The highest BCUT2D eigenvalue weighted by molar-refractivity contribution is 6.29. The van der Waals surface area contributed by atoms with Crippen LogP contribution in [0.2, 0.25) is 5.15 Å². The molecule has 0 aliphatic carbocycles. The second kappa shape index (κ2) is 5.89. The lowest BCUT2D eigenvalue weighted by Gasteiger charge is -2.23. The largest absolute Gasteiger partial charge is 0.308 e. The van der Waals surface area contributed by atoms with Crippen LogP contribution in [0.4, 0.5) is 10.1 Å². The van der Waals surface area contributed by atoms with Crippen molar-refractivity contribution >= 4 is 29.3 Å². The number of allylic oxidation sites excluding steroid dienone is 1. The molecule has 0 spiro atoms. The summed E-state index contributed by atoms with van der Waals surface area (Å²) in [5.74, 6) is -0.676. The van der Waals surface area contributed by atoms with Crippen molar-refractivity contribution in [2.75, 3.05) is 4.90 Å². The normalized spacial score (nSPS) is 15.1. The molecule has 0 N–H and O–H groups in total. The monoisotopic (exact) mass is 316 g/mol. The van der Waals surface area contributed by atoms with Gasteiger partial charge in [0, 0.05) is 13.3 Å². The van der Waals surface area contributed by atoms with Crippen molar-refractivity contribution in [3.63, 3.8) is 0 Å². The first-order chi connectivity index (χ1) is 10.6. The summed E-state index contributed by atoms with van der Waals surface area (Å²) in [4.78, 5) is 17.8. The van der Waals surface area contributed by atoms with Crippen molar-refractivity contribution in [1.29, 1.82) is 0 Å². The molecule has 1 aliphatic heterocycles. The van der Waals surface area contributed by atoms with Gasteiger partial charge < -0.3 is 4.90 Å². The molecule has 3 rings (SSSR count). The lowest BCUT2D eigenvalue weighted by Crippen LogP contribution is -2.29. The molecule has 0 bridgehead atoms. The van der Waals surface area contributed by atoms with E-state index in [0.717, 1.165) is 11.3 Å². The Morgan fingerprint density at radius 2 is 2.14 bits per heavy atom. The van der Waals surface area contributed by atoms with Gasteiger partial charge in [0.2, 0.25) is 5.91 Å². The molecule has 0 unspecified atom stereocenters. The average molecular weight is 317 g/mol. The predicted molar refractivity (Wildman–Crippen MR) is 85.2 cm³/mol. The van der Waals surface area contributed by atoms with E-state index in [2.05, 4.69) is 4.98 Å². The van der Waals surface area contributed by atoms with Gasteiger partial charge in [0.15, 0.2) is 11.0 Å². The molecule has 1 aliphatic rings. The Morgan fingerprint density at radius 1 is 1.36 bits per heavy atom. The molecule has 1 amide bonds. The fourth-order valence-corrected chi connectivity index (χ4v) is 2.72. The third kappa shape index (κ3) is 2.74. The van der Waals surface area contributed by atoms with Crippen molar-refractivity contribution in [3.8, 4) is 0 Å². The van der Waals surface area contributed by atoms with Crippen LogP contribution in [-0.2, 0) is 17.8 Å². The summed E-state index contributed by atoms with van der Waals surface area (Å²) in [7, 11) is 0. The maximum Gasteiger partial charge on any atom is 0.224 e. The van der Waals surface area contributed by atoms with E-state index in [1.54, 1.807) is 4.90 Å². The second-order valence-corrected chi connectivity index (χ2v) is 5.50. The zero-order chi connectivity index (χ0) is 15.7. The van der Waals surface area contributed by atoms with Crippen LogP contribution >= 0.6 is 11.6 Å². The number of nitrogens with zero attached hydrogens (tertiary/aromatic N) is 2. The van der Waals surface area contributed by atoms with E-state index in [0.29, 0.717) is 17.7 Å². The average Bonchev–Trinajstić information content (AvgIpc) is 2.56. The maximum absolute atomic E-state index is 13.8. The van der Waals surface area contributed by atoms with Crippen LogP contribution in [0.3, 0.4) is 0 Å². The number of para-hydroxylation sites is 1. The van der Waals surface area contributed by atoms with Gasteiger partial charge in [-0.05, 0) is 23.3 Å². The van der Waals surface area contributed by atoms with Gasteiger partial charge >= 0.3 is 0 Å². The summed E-state index contributed by atoms with van der Waals surface area (Å²) < 4.78 is 13.8. The van der Waals surface area contributed by atoms with Gasteiger partial charge in [-0.1, -0.05) is 42.0 Å². The molecule has 1 aromatic heterocycles. The van der Waals surface area contributed by atoms with Crippen LogP contribution in [0.5, 0.6) is 0 Å². The van der Waals surface area contributed by atoms with E-state index >= 15 is 0 Å². The Hall–Kier alpha value is -2.20. The van der Waals surface area contributed by atoms with Crippen LogP contribution in [0.25, 0.3) is 6.08 Å². The molecule has 0 atom stereocenters.